The molecule has 188 valence electrons. The number of aliphatic hydroxyl groups is 1. The minimum absolute atomic E-state index is 0.0948. The molecule has 0 saturated carbocycles. The second kappa shape index (κ2) is 9.30. The molecule has 0 bridgehead atoms. The zero-order chi connectivity index (χ0) is 25.7. The van der Waals surface area contributed by atoms with E-state index in [1.807, 2.05) is 26.0 Å². The van der Waals surface area contributed by atoms with Crippen molar-refractivity contribution in [3.05, 3.63) is 82.3 Å². The monoisotopic (exact) mass is 492 g/mol. The van der Waals surface area contributed by atoms with Crippen LogP contribution in [0.5, 0.6) is 0 Å². The number of aryl methyl sites for hydroxylation is 3. The van der Waals surface area contributed by atoms with Gasteiger partial charge in [-0.25, -0.2) is 9.97 Å². The van der Waals surface area contributed by atoms with Crippen molar-refractivity contribution in [1.29, 1.82) is 0 Å². The summed E-state index contributed by atoms with van der Waals surface area (Å²) in [6.45, 7) is 8.78. The second-order valence-corrected chi connectivity index (χ2v) is 10.4. The number of imidazole rings is 1. The Balaban J connectivity index is 1.44. The van der Waals surface area contributed by atoms with Crippen LogP contribution in [0.1, 0.15) is 73.1 Å². The Bertz CT molecular complexity index is 1560. The predicted octanol–water partition coefficient (Wildman–Crippen LogP) is 6.36. The summed E-state index contributed by atoms with van der Waals surface area (Å²) in [5.74, 6) is 1.14. The molecule has 1 N–H and O–H groups in total. The number of aliphatic hydroxyl groups excluding tert-OH is 1. The lowest BCUT2D eigenvalue weighted by molar-refractivity contribution is 0.122. The van der Waals surface area contributed by atoms with Gasteiger partial charge in [0.2, 0.25) is 0 Å². The third-order valence-electron chi connectivity index (χ3n) is 7.68. The first-order valence-electron chi connectivity index (χ1n) is 13.2. The highest BCUT2D eigenvalue weighted by Gasteiger charge is 2.29. The molecule has 0 unspecified atom stereocenters. The summed E-state index contributed by atoms with van der Waals surface area (Å²) in [5.41, 5.74) is 10.6. The molecule has 7 heteroatoms. The van der Waals surface area contributed by atoms with Crippen molar-refractivity contribution in [1.82, 2.24) is 14.5 Å². The van der Waals surface area contributed by atoms with Gasteiger partial charge in [0.1, 0.15) is 17.9 Å². The SMILES string of the molecule is CCc1nc2c(C)cc([C@@H](O)C(C)C)nc2n1[C@H]1CCc2cc(-c3ccccc3C3=NN=NC3)ccc21. The highest BCUT2D eigenvalue weighted by atomic mass is 16.3. The van der Waals surface area contributed by atoms with Crippen LogP contribution in [0.25, 0.3) is 22.3 Å². The van der Waals surface area contributed by atoms with E-state index in [2.05, 4.69) is 70.3 Å². The fourth-order valence-electron chi connectivity index (χ4n) is 5.73. The van der Waals surface area contributed by atoms with Crippen LogP contribution in [0.3, 0.4) is 0 Å². The van der Waals surface area contributed by atoms with Crippen LogP contribution in [0.4, 0.5) is 0 Å². The minimum atomic E-state index is -0.597. The van der Waals surface area contributed by atoms with Crippen molar-refractivity contribution in [3.63, 3.8) is 0 Å². The van der Waals surface area contributed by atoms with Crippen molar-refractivity contribution in [3.8, 4) is 11.1 Å². The number of hydrogen-bond donors (Lipinski definition) is 1. The maximum Gasteiger partial charge on any atom is 0.161 e. The van der Waals surface area contributed by atoms with Gasteiger partial charge in [0.05, 0.1) is 23.6 Å². The predicted molar refractivity (Wildman–Crippen MR) is 146 cm³/mol. The number of benzene rings is 2. The van der Waals surface area contributed by atoms with E-state index >= 15 is 0 Å². The quantitative estimate of drug-likeness (QED) is 0.339. The molecular formula is C30H32N6O. The third-order valence-corrected chi connectivity index (χ3v) is 7.68. The number of nitrogens with zero attached hydrogens (tertiary/aromatic N) is 6. The molecule has 4 aromatic rings. The Morgan fingerprint density at radius 1 is 1.05 bits per heavy atom. The van der Waals surface area contributed by atoms with Gasteiger partial charge >= 0.3 is 0 Å². The van der Waals surface area contributed by atoms with Gasteiger partial charge < -0.3 is 9.67 Å². The molecular weight excluding hydrogens is 460 g/mol. The largest absolute Gasteiger partial charge is 0.387 e. The van der Waals surface area contributed by atoms with Crippen LogP contribution in [0.15, 0.2) is 64.0 Å². The van der Waals surface area contributed by atoms with E-state index in [9.17, 15) is 5.11 Å². The number of fused-ring (bicyclic) bond motifs is 2. The average Bonchev–Trinajstić information content (AvgIpc) is 3.66. The van der Waals surface area contributed by atoms with Crippen molar-refractivity contribution >= 4 is 16.9 Å². The molecule has 1 aliphatic heterocycles. The Labute approximate surface area is 217 Å². The lowest BCUT2D eigenvalue weighted by atomic mass is 9.94. The molecule has 0 fully saturated rings. The normalized spacial score (nSPS) is 17.6. The first-order valence-corrected chi connectivity index (χ1v) is 13.2. The topological polar surface area (TPSA) is 88.0 Å². The Morgan fingerprint density at radius 3 is 2.59 bits per heavy atom. The van der Waals surface area contributed by atoms with Crippen molar-refractivity contribution in [2.75, 3.05) is 6.54 Å². The molecule has 0 saturated heterocycles. The number of aromatic nitrogens is 3. The standard InChI is InChI=1S/C30H32N6O/c1-5-27-33-28-18(4)14-24(29(37)17(2)3)32-30(28)36(27)26-13-11-20-15-19(10-12-22(20)26)21-8-6-7-9-23(21)25-16-31-35-34-25/h6-10,12,14-15,17,26,29,37H,5,11,13,16H2,1-4H3/t26-,29-/m0/s1. The average molecular weight is 493 g/mol. The van der Waals surface area contributed by atoms with Gasteiger partial charge in [-0.05, 0) is 64.8 Å². The minimum Gasteiger partial charge on any atom is -0.387 e. The van der Waals surface area contributed by atoms with Gasteiger partial charge in [0.25, 0.3) is 0 Å². The van der Waals surface area contributed by atoms with E-state index < -0.39 is 6.10 Å². The molecule has 3 heterocycles. The smallest absolute Gasteiger partial charge is 0.161 e. The summed E-state index contributed by atoms with van der Waals surface area (Å²) < 4.78 is 2.33. The first-order chi connectivity index (χ1) is 18.0. The van der Waals surface area contributed by atoms with Gasteiger partial charge in [0, 0.05) is 12.0 Å². The molecule has 2 aliphatic rings. The molecule has 2 aromatic heterocycles. The molecule has 2 aromatic carbocycles. The highest BCUT2D eigenvalue weighted by molar-refractivity contribution is 6.07. The number of rotatable bonds is 6. The summed E-state index contributed by atoms with van der Waals surface area (Å²) in [7, 11) is 0. The van der Waals surface area contributed by atoms with E-state index in [-0.39, 0.29) is 12.0 Å². The zero-order valence-corrected chi connectivity index (χ0v) is 21.8. The fraction of sp³-hybridized carbons (Fsp3) is 0.367. The van der Waals surface area contributed by atoms with Crippen LogP contribution in [0, 0.1) is 12.8 Å². The maximum absolute atomic E-state index is 10.8. The van der Waals surface area contributed by atoms with E-state index in [0.29, 0.717) is 6.54 Å². The molecule has 2 atom stereocenters. The Kier molecular flexibility index (Phi) is 5.95. The Hall–Kier alpha value is -3.71. The molecule has 0 amide bonds. The van der Waals surface area contributed by atoms with Crippen LogP contribution in [-0.4, -0.2) is 31.9 Å². The van der Waals surface area contributed by atoms with Crippen LogP contribution >= 0.6 is 0 Å². The van der Waals surface area contributed by atoms with Crippen molar-refractivity contribution in [2.24, 2.45) is 21.4 Å². The summed E-state index contributed by atoms with van der Waals surface area (Å²) in [5, 5.41) is 22.9. The van der Waals surface area contributed by atoms with Crippen LogP contribution in [0.2, 0.25) is 0 Å². The fourth-order valence-corrected chi connectivity index (χ4v) is 5.73. The van der Waals surface area contributed by atoms with E-state index in [1.165, 1.54) is 16.7 Å². The summed E-state index contributed by atoms with van der Waals surface area (Å²) >= 11 is 0. The molecule has 0 spiro atoms. The zero-order valence-electron chi connectivity index (χ0n) is 21.8. The molecule has 1 aliphatic carbocycles. The number of hydrogen-bond acceptors (Lipinski definition) is 6. The molecule has 0 radical (unpaired) electrons. The van der Waals surface area contributed by atoms with Crippen LogP contribution in [-0.2, 0) is 12.8 Å². The summed E-state index contributed by atoms with van der Waals surface area (Å²) in [6, 6.07) is 17.3. The van der Waals surface area contributed by atoms with Gasteiger partial charge in [0.15, 0.2) is 5.65 Å². The lowest BCUT2D eigenvalue weighted by Gasteiger charge is -2.19. The lowest BCUT2D eigenvalue weighted by Crippen LogP contribution is -2.13. The van der Waals surface area contributed by atoms with E-state index in [1.54, 1.807) is 0 Å². The van der Waals surface area contributed by atoms with Gasteiger partial charge in [-0.1, -0.05) is 63.2 Å². The van der Waals surface area contributed by atoms with Crippen LogP contribution < -0.4 is 0 Å². The number of pyridine rings is 1. The molecule has 37 heavy (non-hydrogen) atoms. The van der Waals surface area contributed by atoms with Gasteiger partial charge in [-0.15, -0.1) is 5.10 Å². The van der Waals surface area contributed by atoms with E-state index in [0.717, 1.165) is 64.3 Å². The van der Waals surface area contributed by atoms with Gasteiger partial charge in [-0.3, -0.25) is 0 Å². The summed E-state index contributed by atoms with van der Waals surface area (Å²) in [4.78, 5) is 9.99. The Morgan fingerprint density at radius 2 is 1.86 bits per heavy atom. The molecule has 7 nitrogen and oxygen atoms in total. The maximum atomic E-state index is 10.8. The molecule has 6 rings (SSSR count). The third kappa shape index (κ3) is 3.98. The van der Waals surface area contributed by atoms with Crippen molar-refractivity contribution in [2.45, 2.75) is 59.1 Å². The highest BCUT2D eigenvalue weighted by Crippen LogP contribution is 2.40. The summed E-state index contributed by atoms with van der Waals surface area (Å²) in [6.07, 6.45) is 2.23. The van der Waals surface area contributed by atoms with Gasteiger partial charge in [-0.2, -0.15) is 5.11 Å². The van der Waals surface area contributed by atoms with Crippen molar-refractivity contribution < 1.29 is 5.11 Å². The second-order valence-electron chi connectivity index (χ2n) is 10.4. The first kappa shape index (κ1) is 23.7. The van der Waals surface area contributed by atoms with E-state index in [4.69, 9.17) is 9.97 Å².